The molecule has 1 unspecified atom stereocenters. The molecule has 0 radical (unpaired) electrons. The third kappa shape index (κ3) is 4.41. The van der Waals surface area contributed by atoms with Gasteiger partial charge in [-0.05, 0) is 23.4 Å². The Bertz CT molecular complexity index is 289. The van der Waals surface area contributed by atoms with Crippen LogP contribution < -0.4 is 0 Å². The second kappa shape index (κ2) is 6.86. The average molecular weight is 309 g/mol. The maximum absolute atomic E-state index is 4.45. The van der Waals surface area contributed by atoms with Crippen LogP contribution in [-0.2, 0) is 6.42 Å². The molecular weight excluding hydrogens is 292 g/mol. The monoisotopic (exact) mass is 308 g/mol. The van der Waals surface area contributed by atoms with E-state index in [9.17, 15) is 0 Å². The van der Waals surface area contributed by atoms with E-state index >= 15 is 0 Å². The Kier molecular flexibility index (Phi) is 6.16. The predicted octanol–water partition coefficient (Wildman–Crippen LogP) is 3.86. The minimum atomic E-state index is 0.712. The van der Waals surface area contributed by atoms with Crippen LogP contribution in [0.1, 0.15) is 26.6 Å². The highest BCUT2D eigenvalue weighted by molar-refractivity contribution is 9.09. The van der Waals surface area contributed by atoms with Gasteiger partial charge in [0.15, 0.2) is 4.34 Å². The summed E-state index contributed by atoms with van der Waals surface area (Å²) in [5.74, 6) is 3.53. The Morgan fingerprint density at radius 3 is 2.67 bits per heavy atom. The minimum Gasteiger partial charge on any atom is -0.213 e. The molecule has 86 valence electrons. The number of alkyl halides is 1. The maximum Gasteiger partial charge on any atom is 0.170 e. The highest BCUT2D eigenvalue weighted by atomic mass is 79.9. The van der Waals surface area contributed by atoms with E-state index in [-0.39, 0.29) is 0 Å². The number of nitrogens with zero attached hydrogens (tertiary/aromatic N) is 2. The van der Waals surface area contributed by atoms with Gasteiger partial charge in [-0.2, -0.15) is 4.37 Å². The molecule has 1 heterocycles. The van der Waals surface area contributed by atoms with Crippen LogP contribution in [0.3, 0.4) is 0 Å². The van der Waals surface area contributed by atoms with Gasteiger partial charge in [-0.15, -0.1) is 0 Å². The molecule has 5 heteroatoms. The van der Waals surface area contributed by atoms with Gasteiger partial charge in [-0.25, -0.2) is 4.98 Å². The van der Waals surface area contributed by atoms with Crippen LogP contribution in [0, 0.1) is 11.8 Å². The third-order valence-electron chi connectivity index (χ3n) is 2.33. The fourth-order valence-electron chi connectivity index (χ4n) is 1.03. The standard InChI is InChI=1S/C10H17BrN2S2/c1-4-9-12-10(15-13-9)14-6-8(5-11)7(2)3/h7-8H,4-6H2,1-3H3. The van der Waals surface area contributed by atoms with Gasteiger partial charge >= 0.3 is 0 Å². The first-order chi connectivity index (χ1) is 7.17. The topological polar surface area (TPSA) is 25.8 Å². The van der Waals surface area contributed by atoms with E-state index in [1.165, 1.54) is 11.5 Å². The third-order valence-corrected chi connectivity index (χ3v) is 5.22. The van der Waals surface area contributed by atoms with E-state index in [0.29, 0.717) is 5.92 Å². The second-order valence-electron chi connectivity index (χ2n) is 3.80. The van der Waals surface area contributed by atoms with Gasteiger partial charge in [0, 0.05) is 17.5 Å². The normalized spacial score (nSPS) is 13.4. The minimum absolute atomic E-state index is 0.712. The molecule has 0 aliphatic heterocycles. The van der Waals surface area contributed by atoms with Gasteiger partial charge in [0.1, 0.15) is 5.82 Å². The molecule has 0 fully saturated rings. The van der Waals surface area contributed by atoms with Crippen molar-refractivity contribution in [1.82, 2.24) is 9.36 Å². The number of hydrogen-bond acceptors (Lipinski definition) is 4. The highest BCUT2D eigenvalue weighted by Crippen LogP contribution is 2.26. The molecule has 15 heavy (non-hydrogen) atoms. The molecule has 0 saturated heterocycles. The van der Waals surface area contributed by atoms with E-state index in [1.54, 1.807) is 0 Å². The average Bonchev–Trinajstić information content (AvgIpc) is 2.66. The fourth-order valence-corrected chi connectivity index (χ4v) is 4.37. The maximum atomic E-state index is 4.45. The van der Waals surface area contributed by atoms with Crippen LogP contribution in [0.15, 0.2) is 4.34 Å². The fraction of sp³-hybridized carbons (Fsp3) is 0.800. The van der Waals surface area contributed by atoms with Gasteiger partial charge in [0.25, 0.3) is 0 Å². The number of aryl methyl sites for hydroxylation is 1. The van der Waals surface area contributed by atoms with Crippen LogP contribution in [0.5, 0.6) is 0 Å². The summed E-state index contributed by atoms with van der Waals surface area (Å²) >= 11 is 6.92. The largest absolute Gasteiger partial charge is 0.213 e. The summed E-state index contributed by atoms with van der Waals surface area (Å²) in [6.07, 6.45) is 0.934. The van der Waals surface area contributed by atoms with Crippen molar-refractivity contribution in [3.63, 3.8) is 0 Å². The van der Waals surface area contributed by atoms with Crippen molar-refractivity contribution in [1.29, 1.82) is 0 Å². The first-order valence-corrected chi connectivity index (χ1v) is 8.06. The molecule has 0 bridgehead atoms. The van der Waals surface area contributed by atoms with E-state index in [2.05, 4.69) is 46.1 Å². The van der Waals surface area contributed by atoms with Crippen molar-refractivity contribution in [2.75, 3.05) is 11.1 Å². The second-order valence-corrected chi connectivity index (χ2v) is 6.47. The molecule has 0 N–H and O–H groups in total. The Hall–Kier alpha value is 0.390. The summed E-state index contributed by atoms with van der Waals surface area (Å²) in [7, 11) is 0. The first-order valence-electron chi connectivity index (χ1n) is 5.18. The number of aromatic nitrogens is 2. The molecule has 0 saturated carbocycles. The van der Waals surface area contributed by atoms with E-state index in [4.69, 9.17) is 0 Å². The molecule has 0 aliphatic carbocycles. The molecule has 1 aromatic rings. The molecule has 0 aliphatic rings. The van der Waals surface area contributed by atoms with Crippen LogP contribution in [0.25, 0.3) is 0 Å². The summed E-state index contributed by atoms with van der Waals surface area (Å²) in [5, 5.41) is 1.07. The zero-order chi connectivity index (χ0) is 11.3. The Balaban J connectivity index is 2.41. The quantitative estimate of drug-likeness (QED) is 0.589. The highest BCUT2D eigenvalue weighted by Gasteiger charge is 2.13. The van der Waals surface area contributed by atoms with Crippen molar-refractivity contribution >= 4 is 39.2 Å². The molecule has 1 aromatic heterocycles. The van der Waals surface area contributed by atoms with Crippen molar-refractivity contribution in [3.8, 4) is 0 Å². The van der Waals surface area contributed by atoms with Crippen molar-refractivity contribution in [3.05, 3.63) is 5.82 Å². The lowest BCUT2D eigenvalue weighted by atomic mass is 10.0. The lowest BCUT2D eigenvalue weighted by Crippen LogP contribution is -2.12. The van der Waals surface area contributed by atoms with E-state index in [0.717, 1.165) is 33.6 Å². The molecule has 0 spiro atoms. The SMILES string of the molecule is CCc1nsc(SCC(CBr)C(C)C)n1. The number of halogens is 1. The molecule has 0 aromatic carbocycles. The predicted molar refractivity (Wildman–Crippen MR) is 72.1 cm³/mol. The summed E-state index contributed by atoms with van der Waals surface area (Å²) in [6.45, 7) is 6.63. The summed E-state index contributed by atoms with van der Waals surface area (Å²) < 4.78 is 5.39. The van der Waals surface area contributed by atoms with Gasteiger partial charge in [-0.1, -0.05) is 48.5 Å². The molecule has 1 atom stereocenters. The molecule has 0 amide bonds. The zero-order valence-electron chi connectivity index (χ0n) is 9.36. The Morgan fingerprint density at radius 2 is 2.20 bits per heavy atom. The Labute approximate surface area is 109 Å². The van der Waals surface area contributed by atoms with Crippen molar-refractivity contribution in [2.45, 2.75) is 31.5 Å². The Morgan fingerprint density at radius 1 is 1.47 bits per heavy atom. The van der Waals surface area contributed by atoms with Crippen molar-refractivity contribution in [2.24, 2.45) is 11.8 Å². The lowest BCUT2D eigenvalue weighted by molar-refractivity contribution is 0.474. The van der Waals surface area contributed by atoms with Crippen LogP contribution in [0.4, 0.5) is 0 Å². The summed E-state index contributed by atoms with van der Waals surface area (Å²) in [6, 6.07) is 0. The van der Waals surface area contributed by atoms with Crippen LogP contribution >= 0.6 is 39.2 Å². The van der Waals surface area contributed by atoms with Crippen LogP contribution in [0.2, 0.25) is 0 Å². The van der Waals surface area contributed by atoms with Crippen LogP contribution in [-0.4, -0.2) is 20.4 Å². The van der Waals surface area contributed by atoms with E-state index in [1.807, 2.05) is 11.8 Å². The zero-order valence-corrected chi connectivity index (χ0v) is 12.6. The smallest absolute Gasteiger partial charge is 0.170 e. The summed E-state index contributed by atoms with van der Waals surface area (Å²) in [5.41, 5.74) is 0. The summed E-state index contributed by atoms with van der Waals surface area (Å²) in [4.78, 5) is 4.45. The van der Waals surface area contributed by atoms with Gasteiger partial charge in [0.05, 0.1) is 0 Å². The van der Waals surface area contributed by atoms with Gasteiger partial charge < -0.3 is 0 Å². The number of hydrogen-bond donors (Lipinski definition) is 0. The lowest BCUT2D eigenvalue weighted by Gasteiger charge is -2.16. The van der Waals surface area contributed by atoms with Gasteiger partial charge in [-0.3, -0.25) is 0 Å². The van der Waals surface area contributed by atoms with Gasteiger partial charge in [0.2, 0.25) is 0 Å². The molecule has 1 rings (SSSR count). The number of thioether (sulfide) groups is 1. The van der Waals surface area contributed by atoms with Crippen molar-refractivity contribution < 1.29 is 0 Å². The number of rotatable bonds is 6. The molecule has 2 nitrogen and oxygen atoms in total. The van der Waals surface area contributed by atoms with E-state index < -0.39 is 0 Å². The molecular formula is C10H17BrN2S2. The first kappa shape index (κ1) is 13.5.